The lowest BCUT2D eigenvalue weighted by molar-refractivity contribution is -0.137. The van der Waals surface area contributed by atoms with Crippen molar-refractivity contribution in [1.82, 2.24) is 10.2 Å². The molecule has 0 unspecified atom stereocenters. The van der Waals surface area contributed by atoms with Crippen molar-refractivity contribution in [2.45, 2.75) is 32.0 Å². The highest BCUT2D eigenvalue weighted by Crippen LogP contribution is 2.37. The molecule has 0 radical (unpaired) electrons. The average molecular weight is 339 g/mol. The first-order valence-electron chi connectivity index (χ1n) is 7.35. The molecule has 1 heterocycles. The summed E-state index contributed by atoms with van der Waals surface area (Å²) in [5.41, 5.74) is -0.853. The third kappa shape index (κ3) is 3.91. The van der Waals surface area contributed by atoms with Crippen molar-refractivity contribution in [2.24, 2.45) is 0 Å². The van der Waals surface area contributed by atoms with Gasteiger partial charge in [0.15, 0.2) is 0 Å². The molecule has 124 valence electrons. The summed E-state index contributed by atoms with van der Waals surface area (Å²) in [4.78, 5) is 2.02. The number of hydrogen-bond donors (Lipinski definition) is 1. The summed E-state index contributed by atoms with van der Waals surface area (Å²) in [5.74, 6) is -0.744. The number of benzene rings is 1. The summed E-state index contributed by atoms with van der Waals surface area (Å²) in [5, 5.41) is 2.71. The van der Waals surface area contributed by atoms with Crippen molar-refractivity contribution < 1.29 is 17.6 Å². The fraction of sp³-hybridized carbons (Fsp3) is 0.600. The van der Waals surface area contributed by atoms with E-state index in [0.29, 0.717) is 25.6 Å². The van der Waals surface area contributed by atoms with Crippen LogP contribution in [-0.2, 0) is 6.18 Å². The number of nitrogens with one attached hydrogen (secondary N) is 1. The van der Waals surface area contributed by atoms with Crippen LogP contribution in [0, 0.1) is 5.82 Å². The summed E-state index contributed by atoms with van der Waals surface area (Å²) < 4.78 is 53.3. The Morgan fingerprint density at radius 1 is 1.27 bits per heavy atom. The monoisotopic (exact) mass is 338 g/mol. The second kappa shape index (κ2) is 7.15. The first kappa shape index (κ1) is 17.5. The van der Waals surface area contributed by atoms with Gasteiger partial charge in [0.2, 0.25) is 0 Å². The predicted octanol–water partition coefficient (Wildman–Crippen LogP) is 4.24. The standard InChI is InChI=1S/C15H19ClF4N2/c1-2-3-13(22-6-4-21-5-7-22)11-8-10(15(18,19)20)9-12(16)14(11)17/h8-9,13,21H,2-7H2,1H3/t13-/m1/s1. The Bertz CT molecular complexity index is 513. The Labute approximate surface area is 132 Å². The Morgan fingerprint density at radius 2 is 1.91 bits per heavy atom. The van der Waals surface area contributed by atoms with Crippen LogP contribution >= 0.6 is 11.6 Å². The van der Waals surface area contributed by atoms with E-state index in [0.717, 1.165) is 25.6 Å². The van der Waals surface area contributed by atoms with Crippen LogP contribution in [-0.4, -0.2) is 31.1 Å². The zero-order valence-corrected chi connectivity index (χ0v) is 13.1. The van der Waals surface area contributed by atoms with Crippen molar-refractivity contribution >= 4 is 11.6 Å². The van der Waals surface area contributed by atoms with Crippen molar-refractivity contribution in [2.75, 3.05) is 26.2 Å². The van der Waals surface area contributed by atoms with Gasteiger partial charge in [-0.2, -0.15) is 13.2 Å². The molecule has 2 rings (SSSR count). The highest BCUT2D eigenvalue weighted by molar-refractivity contribution is 6.30. The van der Waals surface area contributed by atoms with Crippen LogP contribution in [0.25, 0.3) is 0 Å². The zero-order chi connectivity index (χ0) is 16.3. The van der Waals surface area contributed by atoms with Crippen molar-refractivity contribution in [1.29, 1.82) is 0 Å². The minimum Gasteiger partial charge on any atom is -0.314 e. The topological polar surface area (TPSA) is 15.3 Å². The normalized spacial score (nSPS) is 18.5. The van der Waals surface area contributed by atoms with Gasteiger partial charge < -0.3 is 5.32 Å². The van der Waals surface area contributed by atoms with Gasteiger partial charge in [-0.05, 0) is 18.6 Å². The van der Waals surface area contributed by atoms with Gasteiger partial charge in [0, 0.05) is 37.8 Å². The van der Waals surface area contributed by atoms with E-state index in [9.17, 15) is 17.6 Å². The van der Waals surface area contributed by atoms with Crippen molar-refractivity contribution in [3.63, 3.8) is 0 Å². The fourth-order valence-corrected chi connectivity index (χ4v) is 3.05. The van der Waals surface area contributed by atoms with Crippen LogP contribution in [0.4, 0.5) is 17.6 Å². The van der Waals surface area contributed by atoms with Gasteiger partial charge in [-0.25, -0.2) is 4.39 Å². The molecule has 1 atom stereocenters. The number of rotatable bonds is 4. The van der Waals surface area contributed by atoms with Gasteiger partial charge in [0.25, 0.3) is 0 Å². The third-order valence-electron chi connectivity index (χ3n) is 3.90. The zero-order valence-electron chi connectivity index (χ0n) is 12.3. The van der Waals surface area contributed by atoms with E-state index in [1.54, 1.807) is 0 Å². The number of hydrogen-bond acceptors (Lipinski definition) is 2. The Hall–Kier alpha value is -0.850. The van der Waals surface area contributed by atoms with Crippen LogP contribution in [0.1, 0.15) is 36.9 Å². The number of piperazine rings is 1. The molecule has 0 amide bonds. The van der Waals surface area contributed by atoms with Gasteiger partial charge in [-0.15, -0.1) is 0 Å². The lowest BCUT2D eigenvalue weighted by Crippen LogP contribution is -2.45. The highest BCUT2D eigenvalue weighted by atomic mass is 35.5. The quantitative estimate of drug-likeness (QED) is 0.826. The summed E-state index contributed by atoms with van der Waals surface area (Å²) in [6, 6.07) is 1.18. The van der Waals surface area contributed by atoms with Crippen LogP contribution in [0.5, 0.6) is 0 Å². The minimum atomic E-state index is -4.54. The summed E-state index contributed by atoms with van der Waals surface area (Å²) in [6.45, 7) is 4.78. The van der Waals surface area contributed by atoms with Crippen molar-refractivity contribution in [3.05, 3.63) is 34.1 Å². The fourth-order valence-electron chi connectivity index (χ4n) is 2.82. The molecule has 1 aliphatic heterocycles. The molecule has 1 aromatic carbocycles. The Balaban J connectivity index is 2.43. The molecular weight excluding hydrogens is 320 g/mol. The number of halogens is 5. The molecule has 0 saturated carbocycles. The maximum absolute atomic E-state index is 14.4. The highest BCUT2D eigenvalue weighted by Gasteiger charge is 2.34. The molecule has 22 heavy (non-hydrogen) atoms. The van der Waals surface area contributed by atoms with Crippen LogP contribution in [0.15, 0.2) is 12.1 Å². The lowest BCUT2D eigenvalue weighted by atomic mass is 9.97. The maximum Gasteiger partial charge on any atom is 0.416 e. The SMILES string of the molecule is CCC[C@H](c1cc(C(F)(F)F)cc(Cl)c1F)N1CCNCC1. The molecule has 7 heteroatoms. The summed E-state index contributed by atoms with van der Waals surface area (Å²) in [7, 11) is 0. The van der Waals surface area contributed by atoms with Gasteiger partial charge in [0.05, 0.1) is 10.6 Å². The Morgan fingerprint density at radius 3 is 2.45 bits per heavy atom. The maximum atomic E-state index is 14.4. The number of nitrogens with zero attached hydrogens (tertiary/aromatic N) is 1. The van der Waals surface area contributed by atoms with Gasteiger partial charge in [-0.3, -0.25) is 4.90 Å². The van der Waals surface area contributed by atoms with Gasteiger partial charge in [-0.1, -0.05) is 24.9 Å². The molecule has 0 aromatic heterocycles. The smallest absolute Gasteiger partial charge is 0.314 e. The lowest BCUT2D eigenvalue weighted by Gasteiger charge is -2.35. The summed E-state index contributed by atoms with van der Waals surface area (Å²) in [6.07, 6.45) is -3.19. The molecule has 1 N–H and O–H groups in total. The minimum absolute atomic E-state index is 0.0450. The third-order valence-corrected chi connectivity index (χ3v) is 4.17. The van der Waals surface area contributed by atoms with E-state index in [1.807, 2.05) is 11.8 Å². The molecule has 1 fully saturated rings. The molecule has 0 spiro atoms. The second-order valence-electron chi connectivity index (χ2n) is 5.45. The van der Waals surface area contributed by atoms with Gasteiger partial charge >= 0.3 is 6.18 Å². The molecule has 0 aliphatic carbocycles. The predicted molar refractivity (Wildman–Crippen MR) is 78.5 cm³/mol. The van der Waals surface area contributed by atoms with E-state index >= 15 is 0 Å². The van der Waals surface area contributed by atoms with Crippen LogP contribution in [0.2, 0.25) is 5.02 Å². The molecule has 1 saturated heterocycles. The van der Waals surface area contributed by atoms with Crippen molar-refractivity contribution in [3.8, 4) is 0 Å². The van der Waals surface area contributed by atoms with Crippen LogP contribution in [0.3, 0.4) is 0 Å². The average Bonchev–Trinajstić information content (AvgIpc) is 2.47. The van der Waals surface area contributed by atoms with E-state index in [-0.39, 0.29) is 11.6 Å². The number of alkyl halides is 3. The summed E-state index contributed by atoms with van der Waals surface area (Å²) >= 11 is 5.70. The van der Waals surface area contributed by atoms with Gasteiger partial charge in [0.1, 0.15) is 5.82 Å². The Kier molecular flexibility index (Phi) is 5.69. The van der Waals surface area contributed by atoms with E-state index in [2.05, 4.69) is 5.32 Å². The molecule has 1 aromatic rings. The molecule has 1 aliphatic rings. The molecule has 0 bridgehead atoms. The largest absolute Gasteiger partial charge is 0.416 e. The molecular formula is C15H19ClF4N2. The first-order valence-corrected chi connectivity index (χ1v) is 7.73. The second-order valence-corrected chi connectivity index (χ2v) is 5.86. The van der Waals surface area contributed by atoms with E-state index in [4.69, 9.17) is 11.6 Å². The first-order chi connectivity index (χ1) is 10.3. The van der Waals surface area contributed by atoms with E-state index in [1.165, 1.54) is 0 Å². The molecule has 2 nitrogen and oxygen atoms in total. The van der Waals surface area contributed by atoms with Crippen LogP contribution < -0.4 is 5.32 Å². The van der Waals surface area contributed by atoms with E-state index < -0.39 is 22.6 Å².